The van der Waals surface area contributed by atoms with Crippen molar-refractivity contribution >= 4 is 38.9 Å². The second-order valence-corrected chi connectivity index (χ2v) is 7.64. The number of halogens is 1. The van der Waals surface area contributed by atoms with Crippen molar-refractivity contribution in [3.63, 3.8) is 0 Å². The summed E-state index contributed by atoms with van der Waals surface area (Å²) in [6.07, 6.45) is 5.40. The van der Waals surface area contributed by atoms with Crippen LogP contribution in [0.1, 0.15) is 18.1 Å². The third-order valence-electron chi connectivity index (χ3n) is 4.48. The molecule has 0 fully saturated rings. The van der Waals surface area contributed by atoms with Crippen molar-refractivity contribution in [2.75, 3.05) is 11.9 Å². The summed E-state index contributed by atoms with van der Waals surface area (Å²) in [5.74, 6) is 0.418. The summed E-state index contributed by atoms with van der Waals surface area (Å²) in [6.45, 7) is 5.11. The highest BCUT2D eigenvalue weighted by molar-refractivity contribution is 9.10. The van der Waals surface area contributed by atoms with E-state index >= 15 is 0 Å². The van der Waals surface area contributed by atoms with Gasteiger partial charge in [-0.1, -0.05) is 28.1 Å². The highest BCUT2D eigenvalue weighted by atomic mass is 79.9. The van der Waals surface area contributed by atoms with E-state index in [1.54, 1.807) is 24.5 Å². The molecule has 0 radical (unpaired) electrons. The van der Waals surface area contributed by atoms with Crippen LogP contribution in [0.25, 0.3) is 22.4 Å². The molecule has 4 rings (SSSR count). The molecule has 8 nitrogen and oxygen atoms in total. The van der Waals surface area contributed by atoms with Gasteiger partial charge in [-0.25, -0.2) is 14.8 Å². The van der Waals surface area contributed by atoms with Crippen LogP contribution >= 0.6 is 15.9 Å². The van der Waals surface area contributed by atoms with Crippen LogP contribution in [0, 0.1) is 6.92 Å². The number of carbonyl (C=O) groups excluding carboxylic acids is 1. The lowest BCUT2D eigenvalue weighted by molar-refractivity contribution is 0.252. The van der Waals surface area contributed by atoms with Gasteiger partial charge in [-0.15, -0.1) is 0 Å². The third-order valence-corrected chi connectivity index (χ3v) is 5.37. The minimum Gasteiger partial charge on any atom is -0.338 e. The van der Waals surface area contributed by atoms with Crippen LogP contribution in [-0.4, -0.2) is 37.3 Å². The first-order chi connectivity index (χ1) is 14.5. The smallest absolute Gasteiger partial charge is 0.320 e. The normalized spacial score (nSPS) is 10.9. The Kier molecular flexibility index (Phi) is 5.71. The summed E-state index contributed by atoms with van der Waals surface area (Å²) in [7, 11) is 0. The van der Waals surface area contributed by atoms with E-state index in [0.29, 0.717) is 35.8 Å². The van der Waals surface area contributed by atoms with E-state index in [1.165, 1.54) is 5.56 Å². The van der Waals surface area contributed by atoms with Crippen molar-refractivity contribution < 1.29 is 4.79 Å². The molecule has 0 atom stereocenters. The van der Waals surface area contributed by atoms with Gasteiger partial charge in [0, 0.05) is 22.8 Å². The van der Waals surface area contributed by atoms with E-state index < -0.39 is 0 Å². The molecule has 1 aromatic carbocycles. The van der Waals surface area contributed by atoms with E-state index in [0.717, 1.165) is 15.6 Å². The number of hydrogen-bond donors (Lipinski definition) is 2. The van der Waals surface area contributed by atoms with Crippen molar-refractivity contribution in [2.45, 2.75) is 20.4 Å². The Morgan fingerprint density at radius 3 is 2.83 bits per heavy atom. The van der Waals surface area contributed by atoms with Crippen molar-refractivity contribution in [1.29, 1.82) is 0 Å². The largest absolute Gasteiger partial charge is 0.338 e. The van der Waals surface area contributed by atoms with Gasteiger partial charge in [-0.3, -0.25) is 15.0 Å². The fraction of sp³-hybridized carbons (Fsp3) is 0.190. The number of aryl methyl sites for hydroxylation is 1. The quantitative estimate of drug-likeness (QED) is 0.461. The Hall–Kier alpha value is -3.33. The van der Waals surface area contributed by atoms with E-state index in [9.17, 15) is 4.79 Å². The molecule has 0 spiro atoms. The highest BCUT2D eigenvalue weighted by Crippen LogP contribution is 2.21. The second-order valence-electron chi connectivity index (χ2n) is 6.79. The maximum Gasteiger partial charge on any atom is 0.320 e. The number of aromatic nitrogens is 5. The second kappa shape index (κ2) is 8.58. The van der Waals surface area contributed by atoms with Crippen molar-refractivity contribution in [3.8, 4) is 11.3 Å². The van der Waals surface area contributed by atoms with Crippen LogP contribution in [-0.2, 0) is 6.54 Å². The lowest BCUT2D eigenvalue weighted by Gasteiger charge is -2.06. The molecule has 9 heteroatoms. The molecule has 0 aliphatic heterocycles. The van der Waals surface area contributed by atoms with E-state index in [-0.39, 0.29) is 6.03 Å². The minimum absolute atomic E-state index is 0.307. The Morgan fingerprint density at radius 2 is 2.03 bits per heavy atom. The molecule has 0 saturated heterocycles. The average Bonchev–Trinajstić information content (AvgIpc) is 3.19. The molecule has 0 bridgehead atoms. The maximum absolute atomic E-state index is 11.7. The molecule has 3 aromatic heterocycles. The summed E-state index contributed by atoms with van der Waals surface area (Å²) >= 11 is 3.52. The van der Waals surface area contributed by atoms with Crippen LogP contribution in [0.5, 0.6) is 0 Å². The molecular weight excluding hydrogens is 446 g/mol. The van der Waals surface area contributed by atoms with Crippen molar-refractivity contribution in [2.24, 2.45) is 0 Å². The molecular formula is C21H20BrN7O. The Morgan fingerprint density at radius 1 is 1.17 bits per heavy atom. The number of nitrogens with one attached hydrogen (secondary N) is 2. The van der Waals surface area contributed by atoms with Crippen molar-refractivity contribution in [1.82, 2.24) is 30.0 Å². The number of carbonyl (C=O) groups is 1. The number of rotatable bonds is 5. The van der Waals surface area contributed by atoms with E-state index in [1.807, 2.05) is 23.9 Å². The first-order valence-corrected chi connectivity index (χ1v) is 10.3. The maximum atomic E-state index is 11.7. The summed E-state index contributed by atoms with van der Waals surface area (Å²) in [6, 6.07) is 9.42. The Bertz CT molecular complexity index is 1220. The van der Waals surface area contributed by atoms with Gasteiger partial charge >= 0.3 is 6.03 Å². The standard InChI is InChI=1S/C21H20BrN7O/c1-3-23-21(30)28-19-7-6-17-20(27-19)26-18(10-24-17)15-9-25-29(12-15)11-14-4-5-16(22)13(2)8-14/h4-10,12H,3,11H2,1-2H3,(H2,23,26,27,28,30). The zero-order chi connectivity index (χ0) is 21.1. The van der Waals surface area contributed by atoms with Gasteiger partial charge in [-0.2, -0.15) is 5.10 Å². The number of fused-ring (bicyclic) bond motifs is 1. The van der Waals surface area contributed by atoms with Gasteiger partial charge in [-0.05, 0) is 43.2 Å². The lowest BCUT2D eigenvalue weighted by atomic mass is 10.1. The molecule has 0 aliphatic rings. The van der Waals surface area contributed by atoms with Crippen molar-refractivity contribution in [3.05, 3.63) is 64.5 Å². The van der Waals surface area contributed by atoms with Crippen LogP contribution in [0.3, 0.4) is 0 Å². The van der Waals surface area contributed by atoms with Crippen LogP contribution in [0.2, 0.25) is 0 Å². The number of urea groups is 1. The zero-order valence-corrected chi connectivity index (χ0v) is 18.1. The lowest BCUT2D eigenvalue weighted by Crippen LogP contribution is -2.28. The first kappa shape index (κ1) is 20.0. The van der Waals surface area contributed by atoms with Crippen LogP contribution in [0.4, 0.5) is 10.6 Å². The Balaban J connectivity index is 1.56. The van der Waals surface area contributed by atoms with Gasteiger partial charge in [0.1, 0.15) is 11.3 Å². The first-order valence-electron chi connectivity index (χ1n) is 9.48. The predicted octanol–water partition coefficient (Wildman–Crippen LogP) is 4.15. The molecule has 3 heterocycles. The van der Waals surface area contributed by atoms with Crippen LogP contribution < -0.4 is 10.6 Å². The van der Waals surface area contributed by atoms with Gasteiger partial charge < -0.3 is 5.32 Å². The van der Waals surface area contributed by atoms with Gasteiger partial charge in [0.05, 0.1) is 24.6 Å². The number of benzene rings is 1. The summed E-state index contributed by atoms with van der Waals surface area (Å²) in [5, 5.41) is 9.80. The molecule has 0 unspecified atom stereocenters. The number of nitrogens with zero attached hydrogens (tertiary/aromatic N) is 5. The van der Waals surface area contributed by atoms with Crippen LogP contribution in [0.15, 0.2) is 53.4 Å². The van der Waals surface area contributed by atoms with Gasteiger partial charge in [0.25, 0.3) is 0 Å². The van der Waals surface area contributed by atoms with Gasteiger partial charge in [0.15, 0.2) is 5.65 Å². The Labute approximate surface area is 181 Å². The summed E-state index contributed by atoms with van der Waals surface area (Å²) in [5.41, 5.74) is 4.97. The number of amides is 2. The predicted molar refractivity (Wildman–Crippen MR) is 119 cm³/mol. The summed E-state index contributed by atoms with van der Waals surface area (Å²) < 4.78 is 2.96. The van der Waals surface area contributed by atoms with Gasteiger partial charge in [0.2, 0.25) is 0 Å². The molecule has 30 heavy (non-hydrogen) atoms. The summed E-state index contributed by atoms with van der Waals surface area (Å²) in [4.78, 5) is 25.2. The fourth-order valence-electron chi connectivity index (χ4n) is 3.00. The third kappa shape index (κ3) is 4.46. The monoisotopic (exact) mass is 465 g/mol. The SMILES string of the molecule is CCNC(=O)Nc1ccc2ncc(-c3cnn(Cc4ccc(Br)c(C)c4)c3)nc2n1. The molecule has 2 N–H and O–H groups in total. The molecule has 0 aliphatic carbocycles. The molecule has 0 saturated carbocycles. The number of pyridine rings is 1. The molecule has 4 aromatic rings. The number of anilines is 1. The zero-order valence-electron chi connectivity index (χ0n) is 16.6. The van der Waals surface area contributed by atoms with E-state index in [4.69, 9.17) is 0 Å². The molecule has 2 amide bonds. The van der Waals surface area contributed by atoms with E-state index in [2.05, 4.69) is 65.7 Å². The number of hydrogen-bond acceptors (Lipinski definition) is 5. The molecule has 152 valence electrons. The fourth-order valence-corrected chi connectivity index (χ4v) is 3.25. The minimum atomic E-state index is -0.307. The highest BCUT2D eigenvalue weighted by Gasteiger charge is 2.09. The topological polar surface area (TPSA) is 97.6 Å². The average molecular weight is 466 g/mol.